The van der Waals surface area contributed by atoms with Gasteiger partial charge >= 0.3 is 0 Å². The van der Waals surface area contributed by atoms with Gasteiger partial charge in [0.15, 0.2) is 5.13 Å². The van der Waals surface area contributed by atoms with Crippen molar-refractivity contribution in [2.24, 2.45) is 0 Å². The lowest BCUT2D eigenvalue weighted by atomic mass is 10.2. The highest BCUT2D eigenvalue weighted by Gasteiger charge is 2.07. The molecule has 0 amide bonds. The van der Waals surface area contributed by atoms with Gasteiger partial charge in [-0.3, -0.25) is 0 Å². The predicted molar refractivity (Wildman–Crippen MR) is 104 cm³/mol. The highest BCUT2D eigenvalue weighted by molar-refractivity contribution is 9.10. The maximum absolute atomic E-state index is 6.04. The summed E-state index contributed by atoms with van der Waals surface area (Å²) in [5.74, 6) is 0.813. The minimum absolute atomic E-state index is 0.419. The second kappa shape index (κ2) is 8.21. The van der Waals surface area contributed by atoms with E-state index >= 15 is 0 Å². The van der Waals surface area contributed by atoms with E-state index in [1.54, 1.807) is 23.6 Å². The zero-order valence-corrected chi connectivity index (χ0v) is 16.3. The lowest BCUT2D eigenvalue weighted by Crippen LogP contribution is -2.03. The molecule has 3 rings (SSSR count). The molecule has 7 heteroatoms. The minimum Gasteiger partial charge on any atom is -0.489 e. The number of hydrogen-bond acceptors (Lipinski definition) is 4. The SMILES string of the molecule is Clc1ccc(COc2ccc(Br)cc2CNc2nccs2)cc1Cl. The van der Waals surface area contributed by atoms with Crippen LogP contribution in [0.1, 0.15) is 11.1 Å². The van der Waals surface area contributed by atoms with Crippen molar-refractivity contribution in [2.45, 2.75) is 13.2 Å². The molecule has 0 atom stereocenters. The van der Waals surface area contributed by atoms with Gasteiger partial charge in [0.25, 0.3) is 0 Å². The number of anilines is 1. The molecule has 3 nitrogen and oxygen atoms in total. The van der Waals surface area contributed by atoms with Crippen molar-refractivity contribution in [3.05, 3.63) is 73.6 Å². The van der Waals surface area contributed by atoms with Crippen molar-refractivity contribution in [2.75, 3.05) is 5.32 Å². The molecule has 1 aromatic heterocycles. The summed E-state index contributed by atoms with van der Waals surface area (Å²) < 4.78 is 6.96. The molecule has 2 aromatic carbocycles. The molecule has 24 heavy (non-hydrogen) atoms. The first-order valence-electron chi connectivity index (χ1n) is 7.10. The number of ether oxygens (including phenoxy) is 1. The molecule has 0 unspecified atom stereocenters. The lowest BCUT2D eigenvalue weighted by Gasteiger charge is -2.13. The molecular formula is C17H13BrCl2N2OS. The average molecular weight is 444 g/mol. The Morgan fingerprint density at radius 2 is 2.00 bits per heavy atom. The summed E-state index contributed by atoms with van der Waals surface area (Å²) in [6.45, 7) is 1.05. The number of nitrogens with one attached hydrogen (secondary N) is 1. The second-order valence-corrected chi connectivity index (χ2v) is 7.60. The van der Waals surface area contributed by atoms with Gasteiger partial charge < -0.3 is 10.1 Å². The van der Waals surface area contributed by atoms with Gasteiger partial charge in [-0.15, -0.1) is 11.3 Å². The molecule has 1 heterocycles. The van der Waals surface area contributed by atoms with E-state index in [4.69, 9.17) is 27.9 Å². The van der Waals surface area contributed by atoms with Gasteiger partial charge in [0.05, 0.1) is 10.0 Å². The van der Waals surface area contributed by atoms with Gasteiger partial charge in [-0.1, -0.05) is 45.2 Å². The van der Waals surface area contributed by atoms with E-state index in [2.05, 4.69) is 26.2 Å². The van der Waals surface area contributed by atoms with Crippen molar-refractivity contribution in [3.63, 3.8) is 0 Å². The van der Waals surface area contributed by atoms with Crippen LogP contribution in [0.3, 0.4) is 0 Å². The van der Waals surface area contributed by atoms with Crippen LogP contribution in [-0.2, 0) is 13.2 Å². The molecule has 0 radical (unpaired) electrons. The van der Waals surface area contributed by atoms with Gasteiger partial charge in [-0.25, -0.2) is 4.98 Å². The lowest BCUT2D eigenvalue weighted by molar-refractivity contribution is 0.303. The second-order valence-electron chi connectivity index (χ2n) is 4.98. The van der Waals surface area contributed by atoms with E-state index in [1.807, 2.05) is 35.7 Å². The fourth-order valence-corrected chi connectivity index (χ4v) is 3.36. The van der Waals surface area contributed by atoms with E-state index in [-0.39, 0.29) is 0 Å². The smallest absolute Gasteiger partial charge is 0.182 e. The Balaban J connectivity index is 1.71. The normalized spacial score (nSPS) is 10.6. The summed E-state index contributed by atoms with van der Waals surface area (Å²) in [7, 11) is 0. The van der Waals surface area contributed by atoms with E-state index in [0.29, 0.717) is 23.2 Å². The van der Waals surface area contributed by atoms with E-state index in [9.17, 15) is 0 Å². The predicted octanol–water partition coefficient (Wildman–Crippen LogP) is 6.40. The van der Waals surface area contributed by atoms with Gasteiger partial charge in [0.1, 0.15) is 12.4 Å². The Morgan fingerprint density at radius 3 is 2.75 bits per heavy atom. The van der Waals surface area contributed by atoms with Crippen LogP contribution in [-0.4, -0.2) is 4.98 Å². The summed E-state index contributed by atoms with van der Waals surface area (Å²) in [5.41, 5.74) is 2.01. The number of benzene rings is 2. The third-order valence-electron chi connectivity index (χ3n) is 3.26. The Hall–Kier alpha value is -1.27. The third-order valence-corrected chi connectivity index (χ3v) is 5.23. The molecule has 0 saturated carbocycles. The molecule has 1 N–H and O–H groups in total. The quantitative estimate of drug-likeness (QED) is 0.478. The largest absolute Gasteiger partial charge is 0.489 e. The van der Waals surface area contributed by atoms with Crippen molar-refractivity contribution in [3.8, 4) is 5.75 Å². The molecule has 0 saturated heterocycles. The molecular weight excluding hydrogens is 431 g/mol. The number of rotatable bonds is 6. The first-order chi connectivity index (χ1) is 11.6. The maximum atomic E-state index is 6.04. The standard InChI is InChI=1S/C17H13BrCl2N2OS/c18-13-2-4-16(12(8-13)9-22-17-21-5-6-24-17)23-10-11-1-3-14(19)15(20)7-11/h1-8H,9-10H2,(H,21,22). The van der Waals surface area contributed by atoms with Crippen LogP contribution in [0.2, 0.25) is 10.0 Å². The zero-order valence-electron chi connectivity index (χ0n) is 12.4. The van der Waals surface area contributed by atoms with Crippen molar-refractivity contribution < 1.29 is 4.74 Å². The maximum Gasteiger partial charge on any atom is 0.182 e. The highest BCUT2D eigenvalue weighted by Crippen LogP contribution is 2.27. The van der Waals surface area contributed by atoms with Crippen LogP contribution in [0.4, 0.5) is 5.13 Å². The summed E-state index contributed by atoms with van der Waals surface area (Å²) in [6, 6.07) is 11.4. The number of aromatic nitrogens is 1. The Kier molecular flexibility index (Phi) is 6.00. The molecule has 124 valence electrons. The summed E-state index contributed by atoms with van der Waals surface area (Å²) in [6.07, 6.45) is 1.77. The van der Waals surface area contributed by atoms with Crippen LogP contribution < -0.4 is 10.1 Å². The number of hydrogen-bond donors (Lipinski definition) is 1. The summed E-state index contributed by atoms with van der Waals surface area (Å²) in [5, 5.41) is 7.17. The fraction of sp³-hybridized carbons (Fsp3) is 0.118. The molecule has 0 spiro atoms. The summed E-state index contributed by atoms with van der Waals surface area (Å²) >= 11 is 17.0. The first kappa shape index (κ1) is 17.5. The Morgan fingerprint density at radius 1 is 1.12 bits per heavy atom. The van der Waals surface area contributed by atoms with Gasteiger partial charge in [0.2, 0.25) is 0 Å². The number of halogens is 3. The van der Waals surface area contributed by atoms with Gasteiger partial charge in [-0.2, -0.15) is 0 Å². The monoisotopic (exact) mass is 442 g/mol. The average Bonchev–Trinajstić information content (AvgIpc) is 3.08. The molecule has 0 bridgehead atoms. The van der Waals surface area contributed by atoms with Crippen molar-refractivity contribution >= 4 is 55.6 Å². The van der Waals surface area contributed by atoms with E-state index in [1.165, 1.54) is 0 Å². The third kappa shape index (κ3) is 4.63. The van der Waals surface area contributed by atoms with E-state index in [0.717, 1.165) is 26.5 Å². The van der Waals surface area contributed by atoms with Crippen LogP contribution in [0.15, 0.2) is 52.4 Å². The first-order valence-corrected chi connectivity index (χ1v) is 9.53. The highest BCUT2D eigenvalue weighted by atomic mass is 79.9. The van der Waals surface area contributed by atoms with Gasteiger partial charge in [-0.05, 0) is 35.9 Å². The van der Waals surface area contributed by atoms with Crippen molar-refractivity contribution in [1.82, 2.24) is 4.98 Å². The van der Waals surface area contributed by atoms with Crippen molar-refractivity contribution in [1.29, 1.82) is 0 Å². The Bertz CT molecular complexity index is 827. The minimum atomic E-state index is 0.419. The van der Waals surface area contributed by atoms with Gasteiger partial charge in [0, 0.05) is 28.2 Å². The molecule has 3 aromatic rings. The van der Waals surface area contributed by atoms with Crippen LogP contribution in [0, 0.1) is 0 Å². The molecule has 0 aliphatic rings. The molecule has 0 fully saturated rings. The van der Waals surface area contributed by atoms with Crippen LogP contribution >= 0.6 is 50.5 Å². The van der Waals surface area contributed by atoms with E-state index < -0.39 is 0 Å². The fourth-order valence-electron chi connectivity index (χ4n) is 2.10. The topological polar surface area (TPSA) is 34.1 Å². The summed E-state index contributed by atoms with van der Waals surface area (Å²) in [4.78, 5) is 4.22. The number of nitrogens with zero attached hydrogens (tertiary/aromatic N) is 1. The van der Waals surface area contributed by atoms with Crippen LogP contribution in [0.5, 0.6) is 5.75 Å². The number of thiazole rings is 1. The molecule has 0 aliphatic carbocycles. The zero-order chi connectivity index (χ0) is 16.9. The molecule has 0 aliphatic heterocycles. The van der Waals surface area contributed by atoms with Crippen LogP contribution in [0.25, 0.3) is 0 Å². The Labute approximate surface area is 162 Å².